The molecule has 1 N–H and O–H groups in total. The molecule has 1 heterocycles. The Hall–Kier alpha value is -2.43. The summed E-state index contributed by atoms with van der Waals surface area (Å²) >= 11 is 0. The lowest BCUT2D eigenvalue weighted by atomic mass is 10.3. The molecule has 5 heteroatoms. The number of carbonyl (C=O) groups excluding carboxylic acids is 1. The molecule has 0 spiro atoms. The van der Waals surface area contributed by atoms with Crippen molar-refractivity contribution in [2.75, 3.05) is 0 Å². The highest BCUT2D eigenvalue weighted by atomic mass is 16.4. The summed E-state index contributed by atoms with van der Waals surface area (Å²) in [4.78, 5) is 25.9. The van der Waals surface area contributed by atoms with E-state index in [-0.39, 0.29) is 0 Å². The largest absolute Gasteiger partial charge is 0.478 e. The molecule has 0 bridgehead atoms. The highest BCUT2D eigenvalue weighted by molar-refractivity contribution is 5.99. The Morgan fingerprint density at radius 2 is 2.00 bits per heavy atom. The van der Waals surface area contributed by atoms with Crippen LogP contribution in [-0.2, 0) is 4.79 Å². The number of nitrogens with zero attached hydrogens (tertiary/aromatic N) is 2. The van der Waals surface area contributed by atoms with E-state index < -0.39 is 11.9 Å². The van der Waals surface area contributed by atoms with Crippen LogP contribution in [0.1, 0.15) is 4.79 Å². The van der Waals surface area contributed by atoms with Gasteiger partial charge in [0.2, 0.25) is 0 Å². The van der Waals surface area contributed by atoms with Gasteiger partial charge in [-0.3, -0.25) is 9.36 Å². The second-order valence-corrected chi connectivity index (χ2v) is 3.11. The van der Waals surface area contributed by atoms with Crippen molar-refractivity contribution in [3.63, 3.8) is 0 Å². The van der Waals surface area contributed by atoms with Crippen LogP contribution in [0.4, 0.5) is 0 Å². The van der Waals surface area contributed by atoms with Gasteiger partial charge in [-0.2, -0.15) is 0 Å². The van der Waals surface area contributed by atoms with E-state index in [1.807, 2.05) is 6.07 Å². The van der Waals surface area contributed by atoms with Crippen molar-refractivity contribution in [2.45, 2.75) is 0 Å². The van der Waals surface area contributed by atoms with Gasteiger partial charge in [0, 0.05) is 12.2 Å². The maximum absolute atomic E-state index is 11.6. The highest BCUT2D eigenvalue weighted by Crippen LogP contribution is 2.11. The van der Waals surface area contributed by atoms with Crippen LogP contribution in [0.2, 0.25) is 0 Å². The van der Waals surface area contributed by atoms with Gasteiger partial charge in [-0.1, -0.05) is 12.1 Å². The quantitative estimate of drug-likeness (QED) is 0.768. The van der Waals surface area contributed by atoms with Crippen molar-refractivity contribution in [3.8, 4) is 0 Å². The third-order valence-electron chi connectivity index (χ3n) is 2.06. The number of carbonyl (C=O) groups is 2. The lowest BCUT2D eigenvalue weighted by molar-refractivity contribution is -0.131. The standard InChI is InChI=1S/C11H8N2O3/c14-10(5-6-11(15)16)13-7-12-8-3-1-2-4-9(8)13/h1-7H,(H,15,16)/b6-5+. The number of benzene rings is 1. The van der Waals surface area contributed by atoms with Gasteiger partial charge in [-0.25, -0.2) is 9.78 Å². The van der Waals surface area contributed by atoms with E-state index in [1.165, 1.54) is 10.9 Å². The van der Waals surface area contributed by atoms with Gasteiger partial charge in [0.25, 0.3) is 5.91 Å². The van der Waals surface area contributed by atoms with E-state index in [2.05, 4.69) is 4.98 Å². The molecule has 1 aromatic heterocycles. The molecule has 0 unspecified atom stereocenters. The number of carboxylic acid groups (broad SMARTS) is 1. The van der Waals surface area contributed by atoms with Crippen LogP contribution in [0.15, 0.2) is 42.7 Å². The number of rotatable bonds is 2. The third-order valence-corrected chi connectivity index (χ3v) is 2.06. The zero-order valence-corrected chi connectivity index (χ0v) is 8.20. The zero-order valence-electron chi connectivity index (χ0n) is 8.20. The molecule has 0 radical (unpaired) electrons. The first-order valence-corrected chi connectivity index (χ1v) is 4.56. The number of imidazole rings is 1. The Morgan fingerprint density at radius 3 is 2.75 bits per heavy atom. The fourth-order valence-electron chi connectivity index (χ4n) is 1.36. The summed E-state index contributed by atoms with van der Waals surface area (Å²) < 4.78 is 1.30. The molecule has 0 aliphatic rings. The van der Waals surface area contributed by atoms with Crippen LogP contribution in [0.5, 0.6) is 0 Å². The minimum Gasteiger partial charge on any atom is -0.478 e. The molecule has 0 fully saturated rings. The molecule has 0 aliphatic carbocycles. The predicted octanol–water partition coefficient (Wildman–Crippen LogP) is 1.32. The van der Waals surface area contributed by atoms with Crippen LogP contribution < -0.4 is 0 Å². The molecule has 2 rings (SSSR count). The lowest BCUT2D eigenvalue weighted by Crippen LogP contribution is -2.06. The summed E-state index contributed by atoms with van der Waals surface area (Å²) in [6.45, 7) is 0. The van der Waals surface area contributed by atoms with E-state index in [9.17, 15) is 9.59 Å². The highest BCUT2D eigenvalue weighted by Gasteiger charge is 2.06. The van der Waals surface area contributed by atoms with E-state index >= 15 is 0 Å². The van der Waals surface area contributed by atoms with Gasteiger partial charge < -0.3 is 5.11 Å². The predicted molar refractivity (Wildman–Crippen MR) is 57.1 cm³/mol. The van der Waals surface area contributed by atoms with Crippen molar-refractivity contribution in [1.82, 2.24) is 9.55 Å². The summed E-state index contributed by atoms with van der Waals surface area (Å²) in [6.07, 6.45) is 3.17. The Balaban J connectivity index is 2.40. The van der Waals surface area contributed by atoms with Gasteiger partial charge in [0.1, 0.15) is 6.33 Å². The average molecular weight is 216 g/mol. The number of allylic oxidation sites excluding steroid dienone is 1. The number of aliphatic carboxylic acids is 1. The molecule has 0 saturated heterocycles. The molecular formula is C11H8N2O3. The van der Waals surface area contributed by atoms with Gasteiger partial charge in [0.15, 0.2) is 0 Å². The molecule has 0 amide bonds. The molecular weight excluding hydrogens is 208 g/mol. The maximum atomic E-state index is 11.6. The maximum Gasteiger partial charge on any atom is 0.328 e. The monoisotopic (exact) mass is 216 g/mol. The van der Waals surface area contributed by atoms with Gasteiger partial charge in [-0.15, -0.1) is 0 Å². The Bertz CT molecular complexity index is 584. The average Bonchev–Trinajstić information content (AvgIpc) is 2.69. The summed E-state index contributed by atoms with van der Waals surface area (Å²) in [5.41, 5.74) is 1.35. The molecule has 16 heavy (non-hydrogen) atoms. The smallest absolute Gasteiger partial charge is 0.328 e. The summed E-state index contributed by atoms with van der Waals surface area (Å²) in [6, 6.07) is 7.13. The first kappa shape index (κ1) is 10.1. The minimum atomic E-state index is -1.15. The Labute approximate surface area is 90.6 Å². The van der Waals surface area contributed by atoms with Crippen LogP contribution in [0.3, 0.4) is 0 Å². The van der Waals surface area contributed by atoms with Crippen LogP contribution in [0, 0.1) is 0 Å². The van der Waals surface area contributed by atoms with E-state index in [0.29, 0.717) is 11.0 Å². The zero-order chi connectivity index (χ0) is 11.5. The topological polar surface area (TPSA) is 72.2 Å². The minimum absolute atomic E-state index is 0.434. The number of carboxylic acids is 1. The van der Waals surface area contributed by atoms with Crippen molar-refractivity contribution < 1.29 is 14.7 Å². The summed E-state index contributed by atoms with van der Waals surface area (Å²) in [5, 5.41) is 8.41. The molecule has 0 aliphatic heterocycles. The molecule has 0 atom stereocenters. The Kier molecular flexibility index (Phi) is 2.51. The first-order valence-electron chi connectivity index (χ1n) is 4.56. The SMILES string of the molecule is O=C(O)/C=C/C(=O)n1cnc2ccccc21. The number of hydrogen-bond acceptors (Lipinski definition) is 3. The molecule has 2 aromatic rings. The van der Waals surface area contributed by atoms with E-state index in [1.54, 1.807) is 18.2 Å². The second kappa shape index (κ2) is 3.98. The van der Waals surface area contributed by atoms with E-state index in [4.69, 9.17) is 5.11 Å². The summed E-state index contributed by atoms with van der Waals surface area (Å²) in [7, 11) is 0. The molecule has 0 saturated carbocycles. The van der Waals surface area contributed by atoms with Crippen LogP contribution in [-0.4, -0.2) is 26.5 Å². The molecule has 5 nitrogen and oxygen atoms in total. The van der Waals surface area contributed by atoms with Crippen molar-refractivity contribution in [3.05, 3.63) is 42.7 Å². The summed E-state index contributed by atoms with van der Waals surface area (Å²) in [5.74, 6) is -1.59. The molecule has 1 aromatic carbocycles. The number of fused-ring (bicyclic) bond motifs is 1. The fraction of sp³-hybridized carbons (Fsp3) is 0. The fourth-order valence-corrected chi connectivity index (χ4v) is 1.36. The Morgan fingerprint density at radius 1 is 1.25 bits per heavy atom. The van der Waals surface area contributed by atoms with Gasteiger partial charge >= 0.3 is 5.97 Å². The number of aromatic nitrogens is 2. The van der Waals surface area contributed by atoms with Crippen molar-refractivity contribution >= 4 is 22.9 Å². The van der Waals surface area contributed by atoms with Crippen LogP contribution in [0.25, 0.3) is 11.0 Å². The second-order valence-electron chi connectivity index (χ2n) is 3.11. The molecule has 80 valence electrons. The third kappa shape index (κ3) is 1.83. The number of hydrogen-bond donors (Lipinski definition) is 1. The van der Waals surface area contributed by atoms with Crippen molar-refractivity contribution in [1.29, 1.82) is 0 Å². The lowest BCUT2D eigenvalue weighted by Gasteiger charge is -1.96. The number of para-hydroxylation sites is 2. The van der Waals surface area contributed by atoms with Crippen molar-refractivity contribution in [2.24, 2.45) is 0 Å². The van der Waals surface area contributed by atoms with Gasteiger partial charge in [-0.05, 0) is 12.1 Å². The van der Waals surface area contributed by atoms with Gasteiger partial charge in [0.05, 0.1) is 11.0 Å². The van der Waals surface area contributed by atoms with Crippen LogP contribution >= 0.6 is 0 Å². The first-order chi connectivity index (χ1) is 7.68. The van der Waals surface area contributed by atoms with E-state index in [0.717, 1.165) is 12.2 Å². The normalized spacial score (nSPS) is 11.0.